The molecule has 0 aliphatic carbocycles. The zero-order valence-corrected chi connectivity index (χ0v) is 17.5. The summed E-state index contributed by atoms with van der Waals surface area (Å²) in [4.78, 5) is 30.5. The van der Waals surface area contributed by atoms with E-state index in [9.17, 15) is 18.4 Å². The number of hydrogen-bond acceptors (Lipinski definition) is 6. The second kappa shape index (κ2) is 11.1. The number of benzene rings is 1. The van der Waals surface area contributed by atoms with Crippen LogP contribution in [0.1, 0.15) is 5.56 Å². The number of amides is 2. The smallest absolute Gasteiger partial charge is 0.387 e. The van der Waals surface area contributed by atoms with Crippen molar-refractivity contribution in [3.63, 3.8) is 0 Å². The lowest BCUT2D eigenvalue weighted by molar-refractivity contribution is -0.138. The van der Waals surface area contributed by atoms with Gasteiger partial charge in [-0.25, -0.2) is 0 Å². The molecule has 2 aliphatic rings. The lowest BCUT2D eigenvalue weighted by Gasteiger charge is -2.36. The van der Waals surface area contributed by atoms with Crippen molar-refractivity contribution in [2.75, 3.05) is 66.1 Å². The summed E-state index contributed by atoms with van der Waals surface area (Å²) in [5.74, 6) is -0.175. The highest BCUT2D eigenvalue weighted by atomic mass is 19.3. The number of hydrogen-bond donors (Lipinski definition) is 0. The number of carbonyl (C=O) groups excluding carboxylic acids is 2. The minimum Gasteiger partial charge on any atom is -0.493 e. The number of para-hydroxylation sites is 1. The minimum absolute atomic E-state index is 0.0507. The van der Waals surface area contributed by atoms with Crippen LogP contribution < -0.4 is 9.47 Å². The van der Waals surface area contributed by atoms with Crippen LogP contribution in [0.15, 0.2) is 24.3 Å². The van der Waals surface area contributed by atoms with E-state index in [-0.39, 0.29) is 23.3 Å². The number of rotatable bonds is 7. The van der Waals surface area contributed by atoms with Gasteiger partial charge in [-0.1, -0.05) is 12.1 Å². The van der Waals surface area contributed by atoms with Crippen molar-refractivity contribution in [3.8, 4) is 11.5 Å². The molecule has 0 N–H and O–H groups in total. The van der Waals surface area contributed by atoms with Crippen LogP contribution >= 0.6 is 0 Å². The molecule has 0 saturated carbocycles. The molecule has 1 aromatic carbocycles. The number of nitrogens with zero attached hydrogens (tertiary/aromatic N) is 3. The molecule has 8 nitrogen and oxygen atoms in total. The molecule has 31 heavy (non-hydrogen) atoms. The Balaban J connectivity index is 1.54. The summed E-state index contributed by atoms with van der Waals surface area (Å²) in [5, 5.41) is 0. The normalized spacial score (nSPS) is 17.9. The number of ether oxygens (including phenoxy) is 3. The Hall–Kier alpha value is -2.72. The molecular weight excluding hydrogens is 412 g/mol. The van der Waals surface area contributed by atoms with Crippen molar-refractivity contribution in [1.82, 2.24) is 14.7 Å². The predicted octanol–water partition coefficient (Wildman–Crippen LogP) is 1.31. The Morgan fingerprint density at radius 2 is 1.77 bits per heavy atom. The molecule has 0 spiro atoms. The summed E-state index contributed by atoms with van der Waals surface area (Å²) in [7, 11) is 1.35. The topological polar surface area (TPSA) is 71.6 Å². The van der Waals surface area contributed by atoms with E-state index >= 15 is 0 Å². The van der Waals surface area contributed by atoms with Gasteiger partial charge in [-0.15, -0.1) is 0 Å². The fourth-order valence-corrected chi connectivity index (χ4v) is 3.53. The van der Waals surface area contributed by atoms with E-state index in [2.05, 4.69) is 9.64 Å². The Bertz CT molecular complexity index is 791. The van der Waals surface area contributed by atoms with Gasteiger partial charge in [-0.3, -0.25) is 14.5 Å². The number of methoxy groups -OCH3 is 1. The van der Waals surface area contributed by atoms with E-state index in [1.807, 2.05) is 0 Å². The molecule has 0 radical (unpaired) electrons. The van der Waals surface area contributed by atoms with E-state index in [0.29, 0.717) is 51.5 Å². The van der Waals surface area contributed by atoms with Gasteiger partial charge in [-0.2, -0.15) is 8.78 Å². The first kappa shape index (κ1) is 23.0. The summed E-state index contributed by atoms with van der Waals surface area (Å²) >= 11 is 0. The summed E-state index contributed by atoms with van der Waals surface area (Å²) in [6.07, 6.45) is 2.75. The quantitative estimate of drug-likeness (QED) is 0.597. The van der Waals surface area contributed by atoms with Gasteiger partial charge in [-0.05, 0) is 12.1 Å². The third-order valence-corrected chi connectivity index (χ3v) is 5.25. The first-order chi connectivity index (χ1) is 15.0. The van der Waals surface area contributed by atoms with Gasteiger partial charge in [0, 0.05) is 50.9 Å². The standard InChI is InChI=1S/C21H27F2N3O5/c1-29-17-4-2-3-16(20(17)31-21(22)23)5-6-18(27)25-7-9-26(10-8-25)19(28)15-24-11-13-30-14-12-24/h2-6,21H,7-15H2,1H3/b6-5+. The van der Waals surface area contributed by atoms with Crippen LogP contribution in [0, 0.1) is 0 Å². The third kappa shape index (κ3) is 6.38. The lowest BCUT2D eigenvalue weighted by Crippen LogP contribution is -2.53. The van der Waals surface area contributed by atoms with Crippen LogP contribution in [0.25, 0.3) is 6.08 Å². The van der Waals surface area contributed by atoms with Crippen molar-refractivity contribution in [2.24, 2.45) is 0 Å². The van der Waals surface area contributed by atoms with Crippen LogP contribution in [0.2, 0.25) is 0 Å². The van der Waals surface area contributed by atoms with E-state index in [4.69, 9.17) is 9.47 Å². The maximum Gasteiger partial charge on any atom is 0.387 e. The average molecular weight is 439 g/mol. The molecule has 0 atom stereocenters. The molecule has 2 fully saturated rings. The molecule has 1 aromatic rings. The van der Waals surface area contributed by atoms with E-state index in [0.717, 1.165) is 13.1 Å². The van der Waals surface area contributed by atoms with Crippen LogP contribution in [-0.2, 0) is 14.3 Å². The molecule has 2 heterocycles. The molecule has 10 heteroatoms. The second-order valence-electron chi connectivity index (χ2n) is 7.19. The van der Waals surface area contributed by atoms with Gasteiger partial charge in [0.1, 0.15) is 0 Å². The molecular formula is C21H27F2N3O5. The second-order valence-corrected chi connectivity index (χ2v) is 7.19. The summed E-state index contributed by atoms with van der Waals surface area (Å²) < 4.78 is 40.4. The molecule has 2 aliphatic heterocycles. The number of alkyl halides is 2. The van der Waals surface area contributed by atoms with Crippen LogP contribution in [0.4, 0.5) is 8.78 Å². The van der Waals surface area contributed by atoms with E-state index in [1.54, 1.807) is 21.9 Å². The Kier molecular flexibility index (Phi) is 8.19. The van der Waals surface area contributed by atoms with E-state index < -0.39 is 6.61 Å². The zero-order valence-electron chi connectivity index (χ0n) is 17.5. The first-order valence-corrected chi connectivity index (χ1v) is 10.1. The van der Waals surface area contributed by atoms with Gasteiger partial charge in [0.15, 0.2) is 11.5 Å². The average Bonchev–Trinajstić information content (AvgIpc) is 2.78. The highest BCUT2D eigenvalue weighted by Crippen LogP contribution is 2.33. The predicted molar refractivity (Wildman–Crippen MR) is 109 cm³/mol. The molecule has 2 amide bonds. The van der Waals surface area contributed by atoms with Crippen molar-refractivity contribution < 1.29 is 32.6 Å². The van der Waals surface area contributed by atoms with Gasteiger partial charge < -0.3 is 24.0 Å². The molecule has 2 saturated heterocycles. The highest BCUT2D eigenvalue weighted by molar-refractivity contribution is 5.92. The number of carbonyl (C=O) groups is 2. The summed E-state index contributed by atoms with van der Waals surface area (Å²) in [6.45, 7) is 1.87. The van der Waals surface area contributed by atoms with Crippen molar-refractivity contribution >= 4 is 17.9 Å². The monoisotopic (exact) mass is 439 g/mol. The maximum atomic E-state index is 12.7. The number of piperazine rings is 1. The highest BCUT2D eigenvalue weighted by Gasteiger charge is 2.25. The molecule has 3 rings (SSSR count). The number of halogens is 2. The van der Waals surface area contributed by atoms with Crippen molar-refractivity contribution in [2.45, 2.75) is 6.61 Å². The largest absolute Gasteiger partial charge is 0.493 e. The molecule has 170 valence electrons. The van der Waals surface area contributed by atoms with Crippen molar-refractivity contribution in [1.29, 1.82) is 0 Å². The van der Waals surface area contributed by atoms with Gasteiger partial charge in [0.25, 0.3) is 0 Å². The van der Waals surface area contributed by atoms with Gasteiger partial charge >= 0.3 is 6.61 Å². The van der Waals surface area contributed by atoms with Crippen LogP contribution in [-0.4, -0.2) is 99.3 Å². The minimum atomic E-state index is -3.01. The fourth-order valence-electron chi connectivity index (χ4n) is 3.53. The van der Waals surface area contributed by atoms with E-state index in [1.165, 1.54) is 25.3 Å². The maximum absolute atomic E-state index is 12.7. The first-order valence-electron chi connectivity index (χ1n) is 10.1. The molecule has 0 aromatic heterocycles. The SMILES string of the molecule is COc1cccc(/C=C/C(=O)N2CCN(C(=O)CN3CCOCC3)CC2)c1OC(F)F. The van der Waals surface area contributed by atoms with Crippen molar-refractivity contribution in [3.05, 3.63) is 29.8 Å². The zero-order chi connectivity index (χ0) is 22.2. The van der Waals surface area contributed by atoms with Gasteiger partial charge in [0.05, 0.1) is 26.9 Å². The Morgan fingerprint density at radius 1 is 1.10 bits per heavy atom. The molecule has 0 unspecified atom stereocenters. The Morgan fingerprint density at radius 3 is 2.42 bits per heavy atom. The van der Waals surface area contributed by atoms with Gasteiger partial charge in [0.2, 0.25) is 11.8 Å². The third-order valence-electron chi connectivity index (χ3n) is 5.25. The van der Waals surface area contributed by atoms with Crippen LogP contribution in [0.3, 0.4) is 0 Å². The number of morpholine rings is 1. The summed E-state index contributed by atoms with van der Waals surface area (Å²) in [5.41, 5.74) is 0.312. The van der Waals surface area contributed by atoms with Crippen LogP contribution in [0.5, 0.6) is 11.5 Å². The Labute approximate surface area is 179 Å². The molecule has 0 bridgehead atoms. The fraction of sp³-hybridized carbons (Fsp3) is 0.524. The lowest BCUT2D eigenvalue weighted by atomic mass is 10.1. The summed E-state index contributed by atoms with van der Waals surface area (Å²) in [6, 6.07) is 4.69.